The van der Waals surface area contributed by atoms with Crippen LogP contribution >= 0.6 is 0 Å². The summed E-state index contributed by atoms with van der Waals surface area (Å²) >= 11 is 0. The molecule has 0 aliphatic carbocycles. The van der Waals surface area contributed by atoms with E-state index in [-0.39, 0.29) is 22.8 Å². The van der Waals surface area contributed by atoms with Crippen LogP contribution in [-0.2, 0) is 9.47 Å². The highest BCUT2D eigenvalue weighted by atomic mass is 16.5. The van der Waals surface area contributed by atoms with Crippen molar-refractivity contribution in [2.75, 3.05) is 13.2 Å². The van der Waals surface area contributed by atoms with Gasteiger partial charge >= 0.3 is 11.9 Å². The molecule has 0 saturated heterocycles. The second-order valence-corrected chi connectivity index (χ2v) is 21.5. The topological polar surface area (TPSA) is 52.6 Å². The van der Waals surface area contributed by atoms with E-state index in [1.165, 1.54) is 244 Å². The molecule has 1 aromatic carbocycles. The maximum Gasteiger partial charge on any atom is 0.339 e. The van der Waals surface area contributed by atoms with E-state index >= 15 is 0 Å². The largest absolute Gasteiger partial charge is 0.461 e. The van der Waals surface area contributed by atoms with Crippen LogP contribution in [-0.4, -0.2) is 25.2 Å². The Balaban J connectivity index is 3.21. The van der Waals surface area contributed by atoms with Crippen molar-refractivity contribution in [1.29, 1.82) is 0 Å². The fourth-order valence-electron chi connectivity index (χ4n) is 10.7. The highest BCUT2D eigenvalue weighted by molar-refractivity contribution is 6.03. The number of carbonyl (C=O) groups is 2. The zero-order valence-corrected chi connectivity index (χ0v) is 45.5. The van der Waals surface area contributed by atoms with Crippen LogP contribution in [0.2, 0.25) is 0 Å². The average Bonchev–Trinajstić information content (AvgIpc) is 3.33. The zero-order chi connectivity index (χ0) is 48.1. The van der Waals surface area contributed by atoms with Gasteiger partial charge in [0, 0.05) is 10.8 Å². The fraction of sp³-hybridized carbons (Fsp3) is 0.871. The quantitative estimate of drug-likeness (QED) is 0.0483. The average molecular weight is 924 g/mol. The normalized spacial score (nSPS) is 12.0. The minimum atomic E-state index is -0.360. The molecule has 0 bridgehead atoms. The van der Waals surface area contributed by atoms with Crippen LogP contribution in [0.15, 0.2) is 24.3 Å². The molecule has 66 heavy (non-hydrogen) atoms. The van der Waals surface area contributed by atoms with Gasteiger partial charge in [0.1, 0.15) is 0 Å². The summed E-state index contributed by atoms with van der Waals surface area (Å²) in [5, 5.41) is 0. The Hall–Kier alpha value is -1.84. The molecule has 0 heterocycles. The minimum absolute atomic E-state index is 0.00614. The fourth-order valence-corrected chi connectivity index (χ4v) is 10.7. The van der Waals surface area contributed by atoms with E-state index in [2.05, 4.69) is 41.5 Å². The zero-order valence-electron chi connectivity index (χ0n) is 45.5. The first-order chi connectivity index (χ1) is 32.4. The van der Waals surface area contributed by atoms with Crippen LogP contribution in [0.5, 0.6) is 0 Å². The molecule has 0 spiro atoms. The van der Waals surface area contributed by atoms with Gasteiger partial charge in [-0.3, -0.25) is 0 Å². The third-order valence-corrected chi connectivity index (χ3v) is 15.2. The first-order valence-corrected chi connectivity index (χ1v) is 29.8. The molecular formula is C62H114O4. The van der Waals surface area contributed by atoms with E-state index in [1.54, 1.807) is 12.1 Å². The third kappa shape index (κ3) is 32.1. The number of carbonyl (C=O) groups excluding carboxylic acids is 2. The van der Waals surface area contributed by atoms with Crippen molar-refractivity contribution in [3.05, 3.63) is 35.4 Å². The Kier molecular flexibility index (Phi) is 41.8. The molecule has 0 fully saturated rings. The van der Waals surface area contributed by atoms with E-state index in [1.807, 2.05) is 12.1 Å². The molecule has 0 amide bonds. The maximum absolute atomic E-state index is 14.3. The number of benzene rings is 1. The highest BCUT2D eigenvalue weighted by Crippen LogP contribution is 2.40. The summed E-state index contributed by atoms with van der Waals surface area (Å²) in [7, 11) is 0. The van der Waals surface area contributed by atoms with Crippen molar-refractivity contribution in [3.8, 4) is 0 Å². The van der Waals surface area contributed by atoms with Crippen LogP contribution in [0.1, 0.15) is 345 Å². The van der Waals surface area contributed by atoms with E-state index in [9.17, 15) is 9.59 Å². The summed E-state index contributed by atoms with van der Waals surface area (Å²) in [6.45, 7) is 14.6. The lowest BCUT2D eigenvalue weighted by Gasteiger charge is -2.34. The molecule has 4 heteroatoms. The van der Waals surface area contributed by atoms with Gasteiger partial charge in [-0.25, -0.2) is 9.59 Å². The van der Waals surface area contributed by atoms with Gasteiger partial charge in [0.05, 0.1) is 24.3 Å². The highest BCUT2D eigenvalue weighted by Gasteiger charge is 2.33. The molecule has 386 valence electrons. The molecule has 0 N–H and O–H groups in total. The van der Waals surface area contributed by atoms with E-state index in [4.69, 9.17) is 9.47 Å². The number of rotatable bonds is 50. The van der Waals surface area contributed by atoms with Crippen molar-refractivity contribution in [1.82, 2.24) is 0 Å². The molecule has 0 aliphatic heterocycles. The Bertz CT molecular complexity index is 1090. The van der Waals surface area contributed by atoms with Crippen molar-refractivity contribution in [2.45, 2.75) is 324 Å². The van der Waals surface area contributed by atoms with E-state index in [0.29, 0.717) is 24.3 Å². The maximum atomic E-state index is 14.3. The summed E-state index contributed by atoms with van der Waals surface area (Å²) < 4.78 is 12.9. The smallest absolute Gasteiger partial charge is 0.339 e. The minimum Gasteiger partial charge on any atom is -0.461 e. The molecule has 0 aliphatic rings. The van der Waals surface area contributed by atoms with Gasteiger partial charge in [0.25, 0.3) is 0 Å². The van der Waals surface area contributed by atoms with Crippen LogP contribution in [0.4, 0.5) is 0 Å². The number of unbranched alkanes of at least 4 members (excludes halogenated alkanes) is 32. The lowest BCUT2D eigenvalue weighted by molar-refractivity contribution is 0.0145. The summed E-state index contributed by atoms with van der Waals surface area (Å²) in [5.41, 5.74) is 0.723. The summed E-state index contributed by atoms with van der Waals surface area (Å²) in [4.78, 5) is 28.5. The molecular weight excluding hydrogens is 809 g/mol. The molecule has 0 unspecified atom stereocenters. The number of ether oxygens (including phenoxy) is 2. The first-order valence-electron chi connectivity index (χ1n) is 29.8. The van der Waals surface area contributed by atoms with Gasteiger partial charge in [-0.05, 0) is 50.7 Å². The predicted octanol–water partition coefficient (Wildman–Crippen LogP) is 21.3. The van der Waals surface area contributed by atoms with Gasteiger partial charge < -0.3 is 9.47 Å². The third-order valence-electron chi connectivity index (χ3n) is 15.2. The van der Waals surface area contributed by atoms with E-state index < -0.39 is 0 Å². The number of hydrogen-bond donors (Lipinski definition) is 0. The second-order valence-electron chi connectivity index (χ2n) is 21.5. The van der Waals surface area contributed by atoms with Crippen molar-refractivity contribution in [2.24, 2.45) is 10.8 Å². The van der Waals surface area contributed by atoms with Crippen LogP contribution < -0.4 is 0 Å². The molecule has 1 rings (SSSR count). The van der Waals surface area contributed by atoms with Crippen LogP contribution in [0.25, 0.3) is 0 Å². The molecule has 0 atom stereocenters. The number of esters is 2. The van der Waals surface area contributed by atoms with Crippen LogP contribution in [0.3, 0.4) is 0 Å². The molecule has 0 aromatic heterocycles. The Morgan fingerprint density at radius 1 is 0.303 bits per heavy atom. The van der Waals surface area contributed by atoms with E-state index in [0.717, 1.165) is 38.5 Å². The lowest BCUT2D eigenvalue weighted by Crippen LogP contribution is -2.30. The lowest BCUT2D eigenvalue weighted by atomic mass is 9.74. The summed E-state index contributed by atoms with van der Waals surface area (Å²) in [6, 6.07) is 7.35. The number of hydrogen-bond acceptors (Lipinski definition) is 4. The Morgan fingerprint density at radius 2 is 0.485 bits per heavy atom. The van der Waals surface area contributed by atoms with Gasteiger partial charge in [-0.15, -0.1) is 0 Å². The Labute approximate surface area is 412 Å². The van der Waals surface area contributed by atoms with Gasteiger partial charge in [0.15, 0.2) is 0 Å². The van der Waals surface area contributed by atoms with Gasteiger partial charge in [-0.1, -0.05) is 298 Å². The Morgan fingerprint density at radius 3 is 0.712 bits per heavy atom. The standard InChI is InChI=1S/C62H114O4/c1-7-13-19-23-27-31-35-43-51-61(49-41-17-11-5,52-44-36-32-28-24-20-14-8-2)55-65-59(63)57-47-39-40-48-58(57)60(64)66-56-62(50-42-18-12-6,53-45-37-33-29-25-21-15-9-3)54-46-38-34-30-26-22-16-10-4/h39-40,47-48H,7-38,41-46,49-56H2,1-6H3. The predicted molar refractivity (Wildman–Crippen MR) is 289 cm³/mol. The van der Waals surface area contributed by atoms with Crippen LogP contribution in [0, 0.1) is 10.8 Å². The van der Waals surface area contributed by atoms with Crippen molar-refractivity contribution < 1.29 is 19.1 Å². The second kappa shape index (κ2) is 44.4. The van der Waals surface area contributed by atoms with Crippen molar-refractivity contribution >= 4 is 11.9 Å². The summed E-state index contributed by atoms with van der Waals surface area (Å²) in [6.07, 6.45) is 55.8. The molecule has 0 saturated carbocycles. The van der Waals surface area contributed by atoms with Gasteiger partial charge in [-0.2, -0.15) is 0 Å². The molecule has 4 nitrogen and oxygen atoms in total. The molecule has 1 aromatic rings. The first kappa shape index (κ1) is 62.2. The molecule has 0 radical (unpaired) electrons. The monoisotopic (exact) mass is 923 g/mol. The van der Waals surface area contributed by atoms with Gasteiger partial charge in [0.2, 0.25) is 0 Å². The summed E-state index contributed by atoms with van der Waals surface area (Å²) in [5.74, 6) is -0.720. The SMILES string of the molecule is CCCCCCCCCCC(CCCCC)(CCCCCCCCCC)COC(=O)c1ccccc1C(=O)OCC(CCCCC)(CCCCCCCCCC)CCCCCCCCCC. The van der Waals surface area contributed by atoms with Crippen molar-refractivity contribution in [3.63, 3.8) is 0 Å².